The summed E-state index contributed by atoms with van der Waals surface area (Å²) in [5, 5.41) is 12.4. The summed E-state index contributed by atoms with van der Waals surface area (Å²) in [4.78, 5) is 25.9. The van der Waals surface area contributed by atoms with E-state index in [9.17, 15) is 14.9 Å². The molecule has 3 atom stereocenters. The zero-order valence-corrected chi connectivity index (χ0v) is 18.6. The molecule has 1 aliphatic rings. The van der Waals surface area contributed by atoms with Gasteiger partial charge in [0.1, 0.15) is 18.0 Å². The third kappa shape index (κ3) is 5.03. The third-order valence-corrected chi connectivity index (χ3v) is 6.00. The molecule has 1 unspecified atom stereocenters. The van der Waals surface area contributed by atoms with Crippen molar-refractivity contribution >= 4 is 11.9 Å². The topological polar surface area (TPSA) is 102 Å². The van der Waals surface area contributed by atoms with Crippen LogP contribution in [0.4, 0.5) is 0 Å². The van der Waals surface area contributed by atoms with Gasteiger partial charge in [-0.2, -0.15) is 5.26 Å². The van der Waals surface area contributed by atoms with E-state index in [1.807, 2.05) is 26.0 Å². The lowest BCUT2D eigenvalue weighted by Gasteiger charge is -2.35. The van der Waals surface area contributed by atoms with Crippen LogP contribution in [0.3, 0.4) is 0 Å². The van der Waals surface area contributed by atoms with Gasteiger partial charge in [0.15, 0.2) is 18.0 Å². The van der Waals surface area contributed by atoms with Crippen LogP contribution in [0.5, 0.6) is 11.5 Å². The molecule has 0 bridgehead atoms. The minimum absolute atomic E-state index is 0.0360. The number of nitrogens with one attached hydrogen (secondary N) is 2. The average molecular weight is 419 g/mol. The predicted octanol–water partition coefficient (Wildman–Crippen LogP) is 0.803. The number of hydrogen-bond donors (Lipinski definition) is 2. The summed E-state index contributed by atoms with van der Waals surface area (Å²) >= 11 is 0. The molecule has 2 N–H and O–H groups in total. The second kappa shape index (κ2) is 9.81. The number of fused-ring (bicyclic) bond motifs is 1. The maximum atomic E-state index is 12.8. The molecule has 0 spiro atoms. The molecule has 0 aromatic heterocycles. The first kappa shape index (κ1) is 23.5. The number of benzene rings is 1. The smallest absolute Gasteiger partial charge is 0.311 e. The van der Waals surface area contributed by atoms with E-state index in [-0.39, 0.29) is 36.8 Å². The number of methoxy groups -OCH3 is 3. The van der Waals surface area contributed by atoms with Gasteiger partial charge in [0.05, 0.1) is 33.9 Å². The first-order valence-electron chi connectivity index (χ1n) is 10.1. The summed E-state index contributed by atoms with van der Waals surface area (Å²) in [6, 6.07) is 5.74. The molecule has 30 heavy (non-hydrogen) atoms. The predicted molar refractivity (Wildman–Crippen MR) is 110 cm³/mol. The van der Waals surface area contributed by atoms with Crippen LogP contribution in [0, 0.1) is 17.2 Å². The highest BCUT2D eigenvalue weighted by molar-refractivity contribution is 5.78. The van der Waals surface area contributed by atoms with Gasteiger partial charge >= 0.3 is 5.97 Å². The van der Waals surface area contributed by atoms with E-state index in [2.05, 4.69) is 11.4 Å². The van der Waals surface area contributed by atoms with Crippen LogP contribution in [-0.4, -0.2) is 51.8 Å². The minimum Gasteiger partial charge on any atom is -0.493 e. The number of esters is 1. The van der Waals surface area contributed by atoms with Gasteiger partial charge in [-0.1, -0.05) is 13.8 Å². The Bertz CT molecular complexity index is 833. The van der Waals surface area contributed by atoms with Crippen molar-refractivity contribution in [2.24, 2.45) is 5.92 Å². The van der Waals surface area contributed by atoms with Crippen molar-refractivity contribution in [1.82, 2.24) is 5.32 Å². The summed E-state index contributed by atoms with van der Waals surface area (Å²) in [6.07, 6.45) is 0.872. The van der Waals surface area contributed by atoms with Crippen molar-refractivity contribution in [3.63, 3.8) is 0 Å². The fraction of sp³-hybridized carbons (Fsp3) is 0.591. The van der Waals surface area contributed by atoms with Gasteiger partial charge in [0.2, 0.25) is 0 Å². The summed E-state index contributed by atoms with van der Waals surface area (Å²) in [5.74, 6) is 0.613. The highest BCUT2D eigenvalue weighted by atomic mass is 16.5. The van der Waals surface area contributed by atoms with Crippen molar-refractivity contribution in [2.75, 3.05) is 34.4 Å². The average Bonchev–Trinajstić information content (AvgIpc) is 2.73. The molecule has 1 aromatic carbocycles. The fourth-order valence-corrected chi connectivity index (χ4v) is 3.72. The Morgan fingerprint density at radius 1 is 1.27 bits per heavy atom. The lowest BCUT2D eigenvalue weighted by molar-refractivity contribution is -0.925. The lowest BCUT2D eigenvalue weighted by atomic mass is 9.89. The van der Waals surface area contributed by atoms with Gasteiger partial charge < -0.3 is 24.4 Å². The SMILES string of the molecule is COC(=O)C[C@H]1c2cc(OC)c(OC)cc2CC[NH+]1CC(=O)N[C@](C)(C#N)C(C)C. The van der Waals surface area contributed by atoms with E-state index in [0.717, 1.165) is 22.4 Å². The largest absolute Gasteiger partial charge is 0.493 e. The molecule has 0 radical (unpaired) electrons. The Kier molecular flexibility index (Phi) is 7.68. The van der Waals surface area contributed by atoms with Gasteiger partial charge in [-0.05, 0) is 30.5 Å². The summed E-state index contributed by atoms with van der Waals surface area (Å²) in [7, 11) is 4.50. The van der Waals surface area contributed by atoms with Crippen LogP contribution in [0.1, 0.15) is 44.4 Å². The first-order valence-corrected chi connectivity index (χ1v) is 10.1. The molecule has 1 aromatic rings. The second-order valence-corrected chi connectivity index (χ2v) is 8.09. The highest BCUT2D eigenvalue weighted by Crippen LogP contribution is 2.35. The Morgan fingerprint density at radius 2 is 1.90 bits per heavy atom. The first-order chi connectivity index (χ1) is 14.2. The van der Waals surface area contributed by atoms with E-state index < -0.39 is 5.54 Å². The molecule has 8 heteroatoms. The highest BCUT2D eigenvalue weighted by Gasteiger charge is 2.37. The van der Waals surface area contributed by atoms with Crippen LogP contribution >= 0.6 is 0 Å². The van der Waals surface area contributed by atoms with Crippen molar-refractivity contribution in [3.8, 4) is 17.6 Å². The van der Waals surface area contributed by atoms with Gasteiger partial charge in [-0.15, -0.1) is 0 Å². The molecular formula is C22H32N3O5+. The number of hydrogen-bond acceptors (Lipinski definition) is 6. The van der Waals surface area contributed by atoms with E-state index in [1.165, 1.54) is 7.11 Å². The number of quaternary nitrogens is 1. The van der Waals surface area contributed by atoms with Crippen LogP contribution in [-0.2, 0) is 20.7 Å². The van der Waals surface area contributed by atoms with Gasteiger partial charge in [-0.25, -0.2) is 0 Å². The third-order valence-electron chi connectivity index (χ3n) is 6.00. The van der Waals surface area contributed by atoms with Gasteiger partial charge in [0, 0.05) is 12.0 Å². The number of ether oxygens (including phenoxy) is 3. The molecule has 0 fully saturated rings. The van der Waals surface area contributed by atoms with E-state index in [4.69, 9.17) is 14.2 Å². The standard InChI is InChI=1S/C22H31N3O5/c1-14(2)22(3,13-23)24-20(26)12-25-8-7-15-9-18(28-4)19(29-5)10-16(15)17(25)11-21(27)30-6/h9-10,14,17H,7-8,11-12H2,1-6H3,(H,24,26)/p+1/t17-,22+/m0/s1. The quantitative estimate of drug-likeness (QED) is 0.606. The normalized spacial score (nSPS) is 19.8. The van der Waals surface area contributed by atoms with Gasteiger partial charge in [-0.3, -0.25) is 9.59 Å². The molecule has 0 saturated carbocycles. The van der Waals surface area contributed by atoms with Crippen LogP contribution in [0.15, 0.2) is 12.1 Å². The molecule has 164 valence electrons. The maximum Gasteiger partial charge on any atom is 0.311 e. The summed E-state index contributed by atoms with van der Waals surface area (Å²) in [6.45, 7) is 6.34. The Hall–Kier alpha value is -2.79. The Morgan fingerprint density at radius 3 is 2.43 bits per heavy atom. The molecule has 0 aliphatic carbocycles. The molecule has 8 nitrogen and oxygen atoms in total. The zero-order valence-electron chi connectivity index (χ0n) is 18.6. The summed E-state index contributed by atoms with van der Waals surface area (Å²) in [5.41, 5.74) is 1.06. The van der Waals surface area contributed by atoms with Crippen molar-refractivity contribution in [3.05, 3.63) is 23.3 Å². The second-order valence-electron chi connectivity index (χ2n) is 8.09. The van der Waals surface area contributed by atoms with Crippen LogP contribution in [0.25, 0.3) is 0 Å². The number of carbonyl (C=O) groups is 2. The summed E-state index contributed by atoms with van der Waals surface area (Å²) < 4.78 is 15.7. The molecule has 1 amide bonds. The molecular weight excluding hydrogens is 386 g/mol. The van der Waals surface area contributed by atoms with Crippen LogP contribution in [0.2, 0.25) is 0 Å². The fourth-order valence-electron chi connectivity index (χ4n) is 3.72. The van der Waals surface area contributed by atoms with Gasteiger partial charge in [0.25, 0.3) is 5.91 Å². The molecule has 1 heterocycles. The Balaban J connectivity index is 2.33. The number of nitriles is 1. The number of carbonyl (C=O) groups excluding carboxylic acids is 2. The van der Waals surface area contributed by atoms with Crippen molar-refractivity contribution < 1.29 is 28.7 Å². The lowest BCUT2D eigenvalue weighted by Crippen LogP contribution is -3.14. The van der Waals surface area contributed by atoms with E-state index in [1.54, 1.807) is 21.1 Å². The zero-order chi connectivity index (χ0) is 22.5. The number of amides is 1. The Labute approximate surface area is 178 Å². The minimum atomic E-state index is -0.946. The molecule has 0 saturated heterocycles. The number of nitrogens with zero attached hydrogens (tertiary/aromatic N) is 1. The van der Waals surface area contributed by atoms with Crippen molar-refractivity contribution in [2.45, 2.75) is 45.2 Å². The van der Waals surface area contributed by atoms with Crippen molar-refractivity contribution in [1.29, 1.82) is 5.26 Å². The maximum absolute atomic E-state index is 12.8. The monoisotopic (exact) mass is 418 g/mol. The molecule has 2 rings (SSSR count). The molecule has 1 aliphatic heterocycles. The number of rotatable bonds is 8. The van der Waals surface area contributed by atoms with Crippen LogP contribution < -0.4 is 19.7 Å². The van der Waals surface area contributed by atoms with E-state index in [0.29, 0.717) is 18.0 Å². The van der Waals surface area contributed by atoms with E-state index >= 15 is 0 Å².